The van der Waals surface area contributed by atoms with Crippen LogP contribution in [0.2, 0.25) is 0 Å². The van der Waals surface area contributed by atoms with Crippen LogP contribution in [0.4, 0.5) is 5.95 Å². The van der Waals surface area contributed by atoms with Gasteiger partial charge in [0, 0.05) is 12.7 Å². The fraction of sp³-hybridized carbons (Fsp3) is 0.444. The molecule has 0 spiro atoms. The Labute approximate surface area is 82.2 Å². The fourth-order valence-electron chi connectivity index (χ4n) is 0.999. The van der Waals surface area contributed by atoms with E-state index in [1.165, 1.54) is 6.20 Å². The Hall–Kier alpha value is -1.65. The highest BCUT2D eigenvalue weighted by molar-refractivity contribution is 5.88. The molecule has 0 aliphatic heterocycles. The van der Waals surface area contributed by atoms with Crippen LogP contribution in [0.3, 0.4) is 0 Å². The maximum Gasteiger partial charge on any atom is 0.339 e. The zero-order valence-corrected chi connectivity index (χ0v) is 8.24. The summed E-state index contributed by atoms with van der Waals surface area (Å²) in [7, 11) is 0. The molecule has 0 fully saturated rings. The predicted molar refractivity (Wildman–Crippen MR) is 52.5 cm³/mol. The summed E-state index contributed by atoms with van der Waals surface area (Å²) in [6, 6.07) is 0. The average molecular weight is 195 g/mol. The smallest absolute Gasteiger partial charge is 0.339 e. The van der Waals surface area contributed by atoms with Crippen LogP contribution in [0.5, 0.6) is 0 Å². The maximum absolute atomic E-state index is 10.6. The standard InChI is InChI=1S/C9H13N3O2/c1-3-4-10-9-11-5-7(8(13)14)6(2)12-9/h5H,3-4H2,1-2H3,(H,13,14)(H,10,11,12). The lowest BCUT2D eigenvalue weighted by molar-refractivity contribution is 0.0695. The lowest BCUT2D eigenvalue weighted by Gasteiger charge is -2.04. The minimum absolute atomic E-state index is 0.145. The molecule has 5 heteroatoms. The van der Waals surface area contributed by atoms with E-state index < -0.39 is 5.97 Å². The minimum Gasteiger partial charge on any atom is -0.478 e. The van der Waals surface area contributed by atoms with Crippen molar-refractivity contribution in [3.05, 3.63) is 17.5 Å². The van der Waals surface area contributed by atoms with Gasteiger partial charge in [0.1, 0.15) is 0 Å². The first-order valence-corrected chi connectivity index (χ1v) is 4.46. The summed E-state index contributed by atoms with van der Waals surface area (Å²) in [5, 5.41) is 11.7. The number of anilines is 1. The van der Waals surface area contributed by atoms with Crippen LogP contribution >= 0.6 is 0 Å². The van der Waals surface area contributed by atoms with Gasteiger partial charge in [-0.2, -0.15) is 0 Å². The quantitative estimate of drug-likeness (QED) is 0.757. The number of rotatable bonds is 4. The SMILES string of the molecule is CCCNc1ncc(C(=O)O)c(C)n1. The van der Waals surface area contributed by atoms with Gasteiger partial charge in [0.25, 0.3) is 0 Å². The summed E-state index contributed by atoms with van der Waals surface area (Å²) in [5.41, 5.74) is 0.623. The van der Waals surface area contributed by atoms with Crippen LogP contribution in [-0.4, -0.2) is 27.6 Å². The molecule has 0 aliphatic carbocycles. The monoisotopic (exact) mass is 195 g/mol. The third-order valence-electron chi connectivity index (χ3n) is 1.74. The summed E-state index contributed by atoms with van der Waals surface area (Å²) in [5.74, 6) is -0.515. The first kappa shape index (κ1) is 10.4. The van der Waals surface area contributed by atoms with E-state index in [1.807, 2.05) is 6.92 Å². The number of carboxylic acids is 1. The second-order valence-electron chi connectivity index (χ2n) is 2.92. The molecule has 0 atom stereocenters. The van der Waals surface area contributed by atoms with Gasteiger partial charge in [0.05, 0.1) is 11.3 Å². The Morgan fingerprint density at radius 3 is 2.86 bits per heavy atom. The van der Waals surface area contributed by atoms with E-state index in [9.17, 15) is 4.79 Å². The lowest BCUT2D eigenvalue weighted by Crippen LogP contribution is -2.08. The van der Waals surface area contributed by atoms with E-state index >= 15 is 0 Å². The third-order valence-corrected chi connectivity index (χ3v) is 1.74. The number of carboxylic acid groups (broad SMARTS) is 1. The van der Waals surface area contributed by atoms with Crippen LogP contribution in [0.1, 0.15) is 29.4 Å². The van der Waals surface area contributed by atoms with Crippen LogP contribution in [0, 0.1) is 6.92 Å². The van der Waals surface area contributed by atoms with Gasteiger partial charge in [-0.05, 0) is 13.3 Å². The van der Waals surface area contributed by atoms with Gasteiger partial charge in [-0.1, -0.05) is 6.92 Å². The van der Waals surface area contributed by atoms with Gasteiger partial charge in [-0.25, -0.2) is 14.8 Å². The molecule has 0 bridgehead atoms. The van der Waals surface area contributed by atoms with Crippen molar-refractivity contribution >= 4 is 11.9 Å². The normalized spacial score (nSPS) is 9.86. The third kappa shape index (κ3) is 2.42. The first-order valence-electron chi connectivity index (χ1n) is 4.46. The van der Waals surface area contributed by atoms with E-state index in [-0.39, 0.29) is 5.56 Å². The molecule has 1 aromatic heterocycles. The van der Waals surface area contributed by atoms with E-state index in [1.54, 1.807) is 6.92 Å². The zero-order chi connectivity index (χ0) is 10.6. The number of aromatic nitrogens is 2. The molecule has 0 radical (unpaired) electrons. The molecule has 76 valence electrons. The highest BCUT2D eigenvalue weighted by atomic mass is 16.4. The molecule has 0 saturated carbocycles. The molecule has 0 amide bonds. The van der Waals surface area contributed by atoms with Crippen molar-refractivity contribution in [1.82, 2.24) is 9.97 Å². The summed E-state index contributed by atoms with van der Waals surface area (Å²) >= 11 is 0. The Bertz CT molecular complexity index is 339. The van der Waals surface area contributed by atoms with Crippen molar-refractivity contribution in [2.24, 2.45) is 0 Å². The summed E-state index contributed by atoms with van der Waals surface area (Å²) in [6.07, 6.45) is 2.30. The molecular weight excluding hydrogens is 182 g/mol. The van der Waals surface area contributed by atoms with Crippen LogP contribution in [0.15, 0.2) is 6.20 Å². The van der Waals surface area contributed by atoms with Gasteiger partial charge < -0.3 is 10.4 Å². The summed E-state index contributed by atoms with van der Waals surface area (Å²) in [4.78, 5) is 18.6. The van der Waals surface area contributed by atoms with Crippen molar-refractivity contribution in [3.63, 3.8) is 0 Å². The molecule has 1 aromatic rings. The van der Waals surface area contributed by atoms with Gasteiger partial charge in [-0.3, -0.25) is 0 Å². The summed E-state index contributed by atoms with van der Waals surface area (Å²) in [6.45, 7) is 4.47. The molecule has 14 heavy (non-hydrogen) atoms. The molecule has 5 nitrogen and oxygen atoms in total. The number of nitrogens with zero attached hydrogens (tertiary/aromatic N) is 2. The molecule has 0 saturated heterocycles. The predicted octanol–water partition coefficient (Wildman–Crippen LogP) is 1.31. The molecule has 0 aromatic carbocycles. The minimum atomic E-state index is -0.996. The van der Waals surface area contributed by atoms with Crippen molar-refractivity contribution in [2.45, 2.75) is 20.3 Å². The van der Waals surface area contributed by atoms with Gasteiger partial charge in [0.2, 0.25) is 5.95 Å². The van der Waals surface area contributed by atoms with Crippen molar-refractivity contribution in [3.8, 4) is 0 Å². The van der Waals surface area contributed by atoms with Crippen LogP contribution < -0.4 is 5.32 Å². The highest BCUT2D eigenvalue weighted by Gasteiger charge is 2.08. The Balaban J connectivity index is 2.83. The van der Waals surface area contributed by atoms with Crippen LogP contribution in [0.25, 0.3) is 0 Å². The van der Waals surface area contributed by atoms with E-state index in [0.29, 0.717) is 11.6 Å². The fourth-order valence-corrected chi connectivity index (χ4v) is 0.999. The van der Waals surface area contributed by atoms with E-state index in [4.69, 9.17) is 5.11 Å². The number of aromatic carboxylic acids is 1. The second kappa shape index (κ2) is 4.55. The number of hydrogen-bond acceptors (Lipinski definition) is 4. The average Bonchev–Trinajstić information content (AvgIpc) is 2.14. The Kier molecular flexibility index (Phi) is 3.39. The van der Waals surface area contributed by atoms with Gasteiger partial charge in [0.15, 0.2) is 0 Å². The molecule has 1 rings (SSSR count). The zero-order valence-electron chi connectivity index (χ0n) is 8.24. The second-order valence-corrected chi connectivity index (χ2v) is 2.92. The topological polar surface area (TPSA) is 75.1 Å². The largest absolute Gasteiger partial charge is 0.478 e. The highest BCUT2D eigenvalue weighted by Crippen LogP contribution is 2.06. The van der Waals surface area contributed by atoms with E-state index in [2.05, 4.69) is 15.3 Å². The maximum atomic E-state index is 10.6. The van der Waals surface area contributed by atoms with Crippen LogP contribution in [-0.2, 0) is 0 Å². The van der Waals surface area contributed by atoms with Crippen molar-refractivity contribution < 1.29 is 9.90 Å². The van der Waals surface area contributed by atoms with Crippen molar-refractivity contribution in [2.75, 3.05) is 11.9 Å². The molecular formula is C9H13N3O2. The molecule has 2 N–H and O–H groups in total. The molecule has 1 heterocycles. The van der Waals surface area contributed by atoms with E-state index in [0.717, 1.165) is 13.0 Å². The van der Waals surface area contributed by atoms with Gasteiger partial charge in [-0.15, -0.1) is 0 Å². The molecule has 0 unspecified atom stereocenters. The molecule has 0 aliphatic rings. The van der Waals surface area contributed by atoms with Gasteiger partial charge >= 0.3 is 5.97 Å². The summed E-state index contributed by atoms with van der Waals surface area (Å²) < 4.78 is 0. The first-order chi connectivity index (χ1) is 6.65. The lowest BCUT2D eigenvalue weighted by atomic mass is 10.2. The number of carbonyl (C=O) groups is 1. The Morgan fingerprint density at radius 1 is 1.64 bits per heavy atom. The number of aryl methyl sites for hydroxylation is 1. The van der Waals surface area contributed by atoms with Crippen molar-refractivity contribution in [1.29, 1.82) is 0 Å². The Morgan fingerprint density at radius 2 is 2.36 bits per heavy atom. The number of hydrogen-bond donors (Lipinski definition) is 2. The number of nitrogens with one attached hydrogen (secondary N) is 1.